The standard InChI is InChI=1S/C28H20FN3O6S/c1-4-12-37-25(35)23-14(3)30-27(39-23)32-24(34)22-20(21(33)16-13-15(29)10-11-19(16)38-22)28(32)17-8-6-7-9-18(17)31(5-2)26(28)36/h4,6-11,13H,1,5,12H2,2-3H3. The van der Waals surface area contributed by atoms with E-state index in [0.717, 1.165) is 28.4 Å². The Morgan fingerprint density at radius 1 is 1.23 bits per heavy atom. The number of thiazole rings is 1. The van der Waals surface area contributed by atoms with Gasteiger partial charge < -0.3 is 14.1 Å². The van der Waals surface area contributed by atoms with Crippen molar-refractivity contribution in [3.8, 4) is 0 Å². The number of likely N-dealkylation sites (N-methyl/N-ethyl adjacent to an activating group) is 1. The second-order valence-electron chi connectivity index (χ2n) is 8.99. The van der Waals surface area contributed by atoms with Crippen LogP contribution in [0.3, 0.4) is 0 Å². The van der Waals surface area contributed by atoms with E-state index in [-0.39, 0.29) is 51.1 Å². The lowest BCUT2D eigenvalue weighted by Crippen LogP contribution is -2.53. The fourth-order valence-corrected chi connectivity index (χ4v) is 6.33. The largest absolute Gasteiger partial charge is 0.457 e. The maximum atomic E-state index is 14.4. The Morgan fingerprint density at radius 3 is 2.74 bits per heavy atom. The summed E-state index contributed by atoms with van der Waals surface area (Å²) in [6.07, 6.45) is 1.42. The predicted molar refractivity (Wildman–Crippen MR) is 142 cm³/mol. The third-order valence-electron chi connectivity index (χ3n) is 6.90. The minimum atomic E-state index is -1.98. The van der Waals surface area contributed by atoms with Crippen LogP contribution in [0.4, 0.5) is 15.2 Å². The maximum Gasteiger partial charge on any atom is 0.350 e. The zero-order valence-corrected chi connectivity index (χ0v) is 21.6. The lowest BCUT2D eigenvalue weighted by Gasteiger charge is -2.32. The quantitative estimate of drug-likeness (QED) is 0.272. The van der Waals surface area contributed by atoms with Crippen molar-refractivity contribution in [3.63, 3.8) is 0 Å². The molecule has 39 heavy (non-hydrogen) atoms. The van der Waals surface area contributed by atoms with Crippen molar-refractivity contribution in [3.05, 3.63) is 98.6 Å². The molecule has 0 fully saturated rings. The van der Waals surface area contributed by atoms with Gasteiger partial charge in [0.2, 0.25) is 5.76 Å². The smallest absolute Gasteiger partial charge is 0.350 e. The van der Waals surface area contributed by atoms with E-state index in [9.17, 15) is 23.6 Å². The Bertz CT molecular complexity index is 1810. The highest BCUT2D eigenvalue weighted by Crippen LogP contribution is 2.54. The van der Waals surface area contributed by atoms with E-state index in [0.29, 0.717) is 11.3 Å². The van der Waals surface area contributed by atoms with Gasteiger partial charge in [0.1, 0.15) is 22.9 Å². The Balaban J connectivity index is 1.69. The Hall–Kier alpha value is -4.64. The van der Waals surface area contributed by atoms with Crippen molar-refractivity contribution in [2.45, 2.75) is 19.4 Å². The van der Waals surface area contributed by atoms with Gasteiger partial charge in [0, 0.05) is 12.1 Å². The van der Waals surface area contributed by atoms with Gasteiger partial charge >= 0.3 is 5.97 Å². The maximum absolute atomic E-state index is 14.4. The van der Waals surface area contributed by atoms with E-state index < -0.39 is 34.6 Å². The van der Waals surface area contributed by atoms with Crippen molar-refractivity contribution in [2.75, 3.05) is 23.0 Å². The monoisotopic (exact) mass is 545 g/mol. The van der Waals surface area contributed by atoms with Gasteiger partial charge in [-0.05, 0) is 38.1 Å². The zero-order valence-electron chi connectivity index (χ0n) is 20.8. The molecule has 2 aromatic carbocycles. The summed E-state index contributed by atoms with van der Waals surface area (Å²) in [5, 5.41) is -0.0998. The molecule has 4 aromatic rings. The fraction of sp³-hybridized carbons (Fsp3) is 0.179. The molecule has 9 nitrogen and oxygen atoms in total. The molecule has 1 unspecified atom stereocenters. The lowest BCUT2D eigenvalue weighted by atomic mass is 9.84. The van der Waals surface area contributed by atoms with Crippen LogP contribution in [0.1, 0.15) is 44.0 Å². The Labute approximate surface area is 224 Å². The average Bonchev–Trinajstić information content (AvgIpc) is 3.51. The number of hydrogen-bond acceptors (Lipinski definition) is 8. The molecular weight excluding hydrogens is 525 g/mol. The summed E-state index contributed by atoms with van der Waals surface area (Å²) in [6, 6.07) is 10.2. The summed E-state index contributed by atoms with van der Waals surface area (Å²) in [6.45, 7) is 7.11. The summed E-state index contributed by atoms with van der Waals surface area (Å²) >= 11 is 0.859. The minimum Gasteiger partial charge on any atom is -0.457 e. The van der Waals surface area contributed by atoms with Crippen LogP contribution in [-0.4, -0.2) is 35.9 Å². The molecular formula is C28H20FN3O6S. The molecule has 2 amide bonds. The first-order valence-electron chi connectivity index (χ1n) is 12.0. The first kappa shape index (κ1) is 24.7. The van der Waals surface area contributed by atoms with Crippen LogP contribution in [0, 0.1) is 12.7 Å². The van der Waals surface area contributed by atoms with Gasteiger partial charge in [-0.25, -0.2) is 14.2 Å². The topological polar surface area (TPSA) is 110 Å². The zero-order chi connectivity index (χ0) is 27.6. The van der Waals surface area contributed by atoms with Crippen LogP contribution in [-0.2, 0) is 15.1 Å². The normalized spacial score (nSPS) is 17.7. The number of nitrogens with zero attached hydrogens (tertiary/aromatic N) is 3. The third kappa shape index (κ3) is 3.19. The van der Waals surface area contributed by atoms with Crippen molar-refractivity contribution < 1.29 is 27.9 Å². The molecule has 0 radical (unpaired) electrons. The highest BCUT2D eigenvalue weighted by Gasteiger charge is 2.66. The number of anilines is 2. The van der Waals surface area contributed by atoms with Crippen molar-refractivity contribution >= 4 is 50.9 Å². The van der Waals surface area contributed by atoms with Crippen LogP contribution in [0.15, 0.2) is 64.3 Å². The molecule has 1 atom stereocenters. The van der Waals surface area contributed by atoms with Crippen molar-refractivity contribution in [1.82, 2.24) is 4.98 Å². The second kappa shape index (κ2) is 8.70. The van der Waals surface area contributed by atoms with E-state index in [2.05, 4.69) is 11.6 Å². The van der Waals surface area contributed by atoms with Crippen LogP contribution in [0.2, 0.25) is 0 Å². The van der Waals surface area contributed by atoms with Crippen LogP contribution >= 0.6 is 11.3 Å². The molecule has 6 rings (SSSR count). The highest BCUT2D eigenvalue weighted by molar-refractivity contribution is 7.17. The number of rotatable bonds is 5. The molecule has 0 N–H and O–H groups in total. The molecule has 196 valence electrons. The summed E-state index contributed by atoms with van der Waals surface area (Å²) < 4.78 is 25.3. The molecule has 0 saturated heterocycles. The van der Waals surface area contributed by atoms with E-state index in [1.54, 1.807) is 38.1 Å². The van der Waals surface area contributed by atoms with E-state index >= 15 is 0 Å². The molecule has 0 bridgehead atoms. The number of carbonyl (C=O) groups excluding carboxylic acids is 3. The summed E-state index contributed by atoms with van der Waals surface area (Å²) in [7, 11) is 0. The van der Waals surface area contributed by atoms with Gasteiger partial charge in [-0.2, -0.15) is 0 Å². The third-order valence-corrected chi connectivity index (χ3v) is 8.02. The second-order valence-corrected chi connectivity index (χ2v) is 9.97. The number of benzene rings is 2. The van der Waals surface area contributed by atoms with Gasteiger partial charge in [0.15, 0.2) is 16.1 Å². The van der Waals surface area contributed by atoms with Crippen LogP contribution < -0.4 is 15.2 Å². The van der Waals surface area contributed by atoms with E-state index in [4.69, 9.17) is 9.15 Å². The number of aryl methyl sites for hydroxylation is 1. The Kier molecular flexibility index (Phi) is 5.51. The molecule has 0 saturated carbocycles. The molecule has 2 aliphatic rings. The number of fused-ring (bicyclic) bond motifs is 5. The van der Waals surface area contributed by atoms with Gasteiger partial charge in [-0.1, -0.05) is 42.2 Å². The highest BCUT2D eigenvalue weighted by atomic mass is 32.1. The number of carbonyl (C=O) groups is 3. The van der Waals surface area contributed by atoms with E-state index in [1.807, 2.05) is 0 Å². The lowest BCUT2D eigenvalue weighted by molar-refractivity contribution is -0.121. The first-order chi connectivity index (χ1) is 18.7. The van der Waals surface area contributed by atoms with Crippen LogP contribution in [0.5, 0.6) is 0 Å². The summed E-state index contributed by atoms with van der Waals surface area (Å²) in [5.41, 5.74) is -1.75. The number of para-hydroxylation sites is 1. The SMILES string of the molecule is C=CCOC(=O)c1sc(N2C(=O)c3oc4ccc(F)cc4c(=O)c3C23C(=O)N(CC)c2ccccc23)nc1C. The van der Waals surface area contributed by atoms with Gasteiger partial charge in [-0.3, -0.25) is 19.3 Å². The summed E-state index contributed by atoms with van der Waals surface area (Å²) in [4.78, 5) is 62.4. The number of amides is 2. The molecule has 2 aliphatic heterocycles. The van der Waals surface area contributed by atoms with Gasteiger partial charge in [0.25, 0.3) is 11.8 Å². The first-order valence-corrected chi connectivity index (χ1v) is 12.9. The van der Waals surface area contributed by atoms with Crippen LogP contribution in [0.25, 0.3) is 11.0 Å². The fourth-order valence-electron chi connectivity index (χ4n) is 5.32. The molecule has 2 aromatic heterocycles. The Morgan fingerprint density at radius 2 is 2.00 bits per heavy atom. The van der Waals surface area contributed by atoms with E-state index in [1.165, 1.54) is 17.0 Å². The number of aromatic nitrogens is 1. The number of hydrogen-bond donors (Lipinski definition) is 0. The number of ether oxygens (including phenoxy) is 1. The minimum absolute atomic E-state index is 0.000546. The molecule has 1 spiro atoms. The summed E-state index contributed by atoms with van der Waals surface area (Å²) in [5.74, 6) is -3.03. The number of esters is 1. The number of halogens is 1. The van der Waals surface area contributed by atoms with Crippen molar-refractivity contribution in [2.24, 2.45) is 0 Å². The van der Waals surface area contributed by atoms with Crippen molar-refractivity contribution in [1.29, 1.82) is 0 Å². The average molecular weight is 546 g/mol. The molecule has 0 aliphatic carbocycles. The predicted octanol–water partition coefficient (Wildman–Crippen LogP) is 4.31. The van der Waals surface area contributed by atoms with Gasteiger partial charge in [-0.15, -0.1) is 0 Å². The molecule has 11 heteroatoms. The molecule has 4 heterocycles. The van der Waals surface area contributed by atoms with Gasteiger partial charge in [0.05, 0.1) is 22.3 Å².